The Morgan fingerprint density at radius 3 is 2.30 bits per heavy atom. The smallest absolute Gasteiger partial charge is 0.269 e. The standard InChI is InChI=1S/C25H22N2O2S/c1-17-12-18(2)14-20(13-17)27-23(28)16-30-25(27)21-10-6-7-11-22(21)26(24(25)29)15-19-8-4-3-5-9-19/h3-14H,15-16H2,1-2H3/t25-/m1/s1. The van der Waals surface area contributed by atoms with Crippen LogP contribution < -0.4 is 9.80 Å². The van der Waals surface area contributed by atoms with Crippen molar-refractivity contribution in [3.8, 4) is 0 Å². The Hall–Kier alpha value is -3.05. The average Bonchev–Trinajstić information content (AvgIpc) is 3.19. The predicted molar refractivity (Wildman–Crippen MR) is 122 cm³/mol. The highest BCUT2D eigenvalue weighted by Gasteiger charge is 2.60. The molecule has 4 nitrogen and oxygen atoms in total. The normalized spacial score (nSPS) is 20.3. The van der Waals surface area contributed by atoms with Gasteiger partial charge < -0.3 is 4.90 Å². The molecule has 0 aliphatic carbocycles. The Balaban J connectivity index is 1.67. The Morgan fingerprint density at radius 1 is 0.900 bits per heavy atom. The van der Waals surface area contributed by atoms with Crippen molar-refractivity contribution in [3.63, 3.8) is 0 Å². The van der Waals surface area contributed by atoms with Crippen LogP contribution in [-0.2, 0) is 21.0 Å². The minimum Gasteiger partial charge on any atom is -0.304 e. The number of aryl methyl sites for hydroxylation is 2. The van der Waals surface area contributed by atoms with Crippen LogP contribution in [0, 0.1) is 13.8 Å². The number of anilines is 2. The molecule has 0 N–H and O–H groups in total. The monoisotopic (exact) mass is 414 g/mol. The topological polar surface area (TPSA) is 40.6 Å². The van der Waals surface area contributed by atoms with E-state index in [1.807, 2.05) is 85.5 Å². The first kappa shape index (κ1) is 18.9. The van der Waals surface area contributed by atoms with Crippen molar-refractivity contribution < 1.29 is 9.59 Å². The van der Waals surface area contributed by atoms with Gasteiger partial charge in [-0.05, 0) is 48.7 Å². The third-order valence-electron chi connectivity index (χ3n) is 5.71. The highest BCUT2D eigenvalue weighted by Crippen LogP contribution is 2.56. The number of hydrogen-bond donors (Lipinski definition) is 0. The number of carbonyl (C=O) groups excluding carboxylic acids is 2. The van der Waals surface area contributed by atoms with E-state index in [4.69, 9.17) is 0 Å². The number of carbonyl (C=O) groups is 2. The van der Waals surface area contributed by atoms with Gasteiger partial charge in [0.05, 0.1) is 18.0 Å². The Bertz CT molecular complexity index is 1140. The van der Waals surface area contributed by atoms with Gasteiger partial charge in [-0.15, -0.1) is 11.8 Å². The van der Waals surface area contributed by atoms with E-state index in [1.54, 1.807) is 4.90 Å². The molecule has 5 rings (SSSR count). The number of rotatable bonds is 3. The molecule has 0 aromatic heterocycles. The van der Waals surface area contributed by atoms with Crippen LogP contribution in [0.2, 0.25) is 0 Å². The molecule has 2 aliphatic heterocycles. The van der Waals surface area contributed by atoms with E-state index in [-0.39, 0.29) is 17.6 Å². The number of fused-ring (bicyclic) bond motifs is 2. The molecule has 0 unspecified atom stereocenters. The molecule has 2 aliphatic rings. The number of benzene rings is 3. The van der Waals surface area contributed by atoms with Gasteiger partial charge in [-0.25, -0.2) is 0 Å². The van der Waals surface area contributed by atoms with Crippen molar-refractivity contribution in [3.05, 3.63) is 95.1 Å². The third-order valence-corrected chi connectivity index (χ3v) is 7.10. The number of thioether (sulfide) groups is 1. The summed E-state index contributed by atoms with van der Waals surface area (Å²) < 4.78 is 0. The van der Waals surface area contributed by atoms with Crippen molar-refractivity contribution in [1.29, 1.82) is 0 Å². The molecule has 30 heavy (non-hydrogen) atoms. The van der Waals surface area contributed by atoms with Crippen molar-refractivity contribution >= 4 is 35.0 Å². The summed E-state index contributed by atoms with van der Waals surface area (Å²) in [6, 6.07) is 23.9. The molecule has 2 amide bonds. The Morgan fingerprint density at radius 2 is 1.57 bits per heavy atom. The molecule has 3 aromatic rings. The lowest BCUT2D eigenvalue weighted by Gasteiger charge is -2.33. The predicted octanol–water partition coefficient (Wildman–Crippen LogP) is 4.78. The van der Waals surface area contributed by atoms with Crippen LogP contribution in [-0.4, -0.2) is 17.6 Å². The van der Waals surface area contributed by atoms with E-state index in [0.717, 1.165) is 33.6 Å². The maximum absolute atomic E-state index is 14.0. The number of nitrogens with zero attached hydrogens (tertiary/aromatic N) is 2. The molecule has 0 radical (unpaired) electrons. The summed E-state index contributed by atoms with van der Waals surface area (Å²) in [5.74, 6) is 0.198. The summed E-state index contributed by atoms with van der Waals surface area (Å²) in [6.45, 7) is 4.51. The minimum atomic E-state index is -1.05. The maximum Gasteiger partial charge on any atom is 0.269 e. The second kappa shape index (κ2) is 7.03. The van der Waals surface area contributed by atoms with Gasteiger partial charge in [-0.2, -0.15) is 0 Å². The molecule has 3 aromatic carbocycles. The molecule has 2 heterocycles. The van der Waals surface area contributed by atoms with Crippen molar-refractivity contribution in [2.24, 2.45) is 0 Å². The zero-order chi connectivity index (χ0) is 20.9. The summed E-state index contributed by atoms with van der Waals surface area (Å²) in [6.07, 6.45) is 0. The van der Waals surface area contributed by atoms with Gasteiger partial charge >= 0.3 is 0 Å². The van der Waals surface area contributed by atoms with Crippen LogP contribution in [0.4, 0.5) is 11.4 Å². The molecular weight excluding hydrogens is 392 g/mol. The van der Waals surface area contributed by atoms with Crippen LogP contribution in [0.5, 0.6) is 0 Å². The van der Waals surface area contributed by atoms with E-state index in [2.05, 4.69) is 6.07 Å². The summed E-state index contributed by atoms with van der Waals surface area (Å²) >= 11 is 1.43. The van der Waals surface area contributed by atoms with Crippen LogP contribution in [0.3, 0.4) is 0 Å². The first-order valence-corrected chi connectivity index (χ1v) is 11.0. The van der Waals surface area contributed by atoms with Crippen LogP contribution >= 0.6 is 11.8 Å². The van der Waals surface area contributed by atoms with E-state index in [9.17, 15) is 9.59 Å². The summed E-state index contributed by atoms with van der Waals surface area (Å²) in [5.41, 5.74) is 5.76. The Kier molecular flexibility index (Phi) is 4.44. The van der Waals surface area contributed by atoms with Crippen molar-refractivity contribution in [2.75, 3.05) is 15.6 Å². The average molecular weight is 415 g/mol. The maximum atomic E-state index is 14.0. The van der Waals surface area contributed by atoms with Gasteiger partial charge in [0.25, 0.3) is 5.91 Å². The van der Waals surface area contributed by atoms with Crippen molar-refractivity contribution in [2.45, 2.75) is 25.3 Å². The Labute approximate surface area is 180 Å². The van der Waals surface area contributed by atoms with E-state index in [1.165, 1.54) is 11.8 Å². The molecule has 1 saturated heterocycles. The molecule has 5 heteroatoms. The third kappa shape index (κ3) is 2.76. The van der Waals surface area contributed by atoms with E-state index < -0.39 is 4.87 Å². The number of amides is 2. The quantitative estimate of drug-likeness (QED) is 0.619. The van der Waals surface area contributed by atoms with Crippen LogP contribution in [0.25, 0.3) is 0 Å². The van der Waals surface area contributed by atoms with Crippen molar-refractivity contribution in [1.82, 2.24) is 0 Å². The van der Waals surface area contributed by atoms with Gasteiger partial charge in [0.2, 0.25) is 10.8 Å². The molecule has 1 atom stereocenters. The second-order valence-electron chi connectivity index (χ2n) is 7.90. The largest absolute Gasteiger partial charge is 0.304 e. The fraction of sp³-hybridized carbons (Fsp3) is 0.200. The summed E-state index contributed by atoms with van der Waals surface area (Å²) in [7, 11) is 0. The fourth-order valence-electron chi connectivity index (χ4n) is 4.56. The zero-order valence-electron chi connectivity index (χ0n) is 17.0. The molecule has 0 saturated carbocycles. The van der Waals surface area contributed by atoms with Gasteiger partial charge in [0.15, 0.2) is 0 Å². The lowest BCUT2D eigenvalue weighted by atomic mass is 10.0. The van der Waals surface area contributed by atoms with Gasteiger partial charge in [0, 0.05) is 11.3 Å². The lowest BCUT2D eigenvalue weighted by Crippen LogP contribution is -2.49. The lowest BCUT2D eigenvalue weighted by molar-refractivity contribution is -0.123. The van der Waals surface area contributed by atoms with Crippen LogP contribution in [0.15, 0.2) is 72.8 Å². The molecule has 0 bridgehead atoms. The van der Waals surface area contributed by atoms with Crippen LogP contribution in [0.1, 0.15) is 22.3 Å². The minimum absolute atomic E-state index is 0.0327. The highest BCUT2D eigenvalue weighted by molar-refractivity contribution is 8.02. The fourth-order valence-corrected chi connectivity index (χ4v) is 5.92. The number of para-hydroxylation sites is 1. The van der Waals surface area contributed by atoms with E-state index in [0.29, 0.717) is 6.54 Å². The SMILES string of the molecule is Cc1cc(C)cc(N2C(=O)CS[C@]23C(=O)N(Cc2ccccc2)c2ccccc23)c1. The molecule has 150 valence electrons. The van der Waals surface area contributed by atoms with Gasteiger partial charge in [-0.1, -0.05) is 54.6 Å². The van der Waals surface area contributed by atoms with E-state index >= 15 is 0 Å². The first-order valence-electron chi connectivity index (χ1n) is 10.0. The first-order chi connectivity index (χ1) is 14.5. The van der Waals surface area contributed by atoms with Gasteiger partial charge in [0.1, 0.15) is 0 Å². The second-order valence-corrected chi connectivity index (χ2v) is 9.07. The molecular formula is C25H22N2O2S. The number of hydrogen-bond acceptors (Lipinski definition) is 3. The summed E-state index contributed by atoms with van der Waals surface area (Å²) in [4.78, 5) is 29.6. The zero-order valence-corrected chi connectivity index (χ0v) is 17.8. The molecule has 1 fully saturated rings. The molecule has 1 spiro atoms. The summed E-state index contributed by atoms with van der Waals surface area (Å²) in [5, 5.41) is 0. The highest BCUT2D eigenvalue weighted by atomic mass is 32.2. The van der Waals surface area contributed by atoms with Gasteiger partial charge in [-0.3, -0.25) is 14.5 Å².